The van der Waals surface area contributed by atoms with Gasteiger partial charge in [0, 0.05) is 30.1 Å². The number of anilines is 1. The fraction of sp³-hybridized carbons (Fsp3) is 0.150. The molecular formula is C20H19N3O3S. The van der Waals surface area contributed by atoms with Crippen molar-refractivity contribution in [2.24, 2.45) is 7.05 Å². The smallest absolute Gasteiger partial charge is 0.336 e. The summed E-state index contributed by atoms with van der Waals surface area (Å²) in [6, 6.07) is 10.2. The second-order valence-corrected chi connectivity index (χ2v) is 6.87. The van der Waals surface area contributed by atoms with Crippen molar-refractivity contribution >= 4 is 35.0 Å². The fourth-order valence-corrected chi connectivity index (χ4v) is 3.16. The van der Waals surface area contributed by atoms with E-state index in [1.54, 1.807) is 41.1 Å². The zero-order chi connectivity index (χ0) is 19.4. The maximum atomic E-state index is 12.0. The van der Waals surface area contributed by atoms with Crippen molar-refractivity contribution in [3.05, 3.63) is 69.7 Å². The number of nitrogens with zero attached hydrogens (tertiary/aromatic N) is 2. The van der Waals surface area contributed by atoms with Crippen LogP contribution in [-0.4, -0.2) is 21.7 Å². The summed E-state index contributed by atoms with van der Waals surface area (Å²) in [5.74, 6) is -0.244. The summed E-state index contributed by atoms with van der Waals surface area (Å²) in [7, 11) is 1.86. The molecule has 0 saturated carbocycles. The summed E-state index contributed by atoms with van der Waals surface area (Å²) in [6.07, 6.45) is 3.08. The zero-order valence-corrected chi connectivity index (χ0v) is 16.0. The number of thiophene rings is 1. The van der Waals surface area contributed by atoms with E-state index in [1.165, 1.54) is 17.4 Å². The molecule has 0 atom stereocenters. The molecule has 3 rings (SSSR count). The lowest BCUT2D eigenvalue weighted by molar-refractivity contribution is -0.128. The molecule has 2 aromatic heterocycles. The van der Waals surface area contributed by atoms with Crippen molar-refractivity contribution in [3.8, 4) is 5.75 Å². The Morgan fingerprint density at radius 3 is 2.52 bits per heavy atom. The van der Waals surface area contributed by atoms with Gasteiger partial charge in [0.1, 0.15) is 5.75 Å². The Hall–Kier alpha value is -3.19. The molecule has 0 fully saturated rings. The SMILES string of the molecule is Cc1nn(C)c(C)c1/C=C/C(=O)Oc1ccc(NC(=O)c2cccs2)cc1. The number of aryl methyl sites for hydroxylation is 2. The Morgan fingerprint density at radius 2 is 1.93 bits per heavy atom. The molecule has 1 amide bonds. The lowest BCUT2D eigenvalue weighted by atomic mass is 10.2. The molecule has 0 spiro atoms. The Bertz CT molecular complexity index is 986. The van der Waals surface area contributed by atoms with E-state index < -0.39 is 5.97 Å². The number of nitrogens with one attached hydrogen (secondary N) is 1. The third-order valence-corrected chi connectivity index (χ3v) is 4.90. The molecule has 0 unspecified atom stereocenters. The van der Waals surface area contributed by atoms with Crippen molar-refractivity contribution in [3.63, 3.8) is 0 Å². The summed E-state index contributed by atoms with van der Waals surface area (Å²) in [4.78, 5) is 24.7. The summed E-state index contributed by atoms with van der Waals surface area (Å²) in [5, 5.41) is 8.94. The van der Waals surface area contributed by atoms with Crippen molar-refractivity contribution < 1.29 is 14.3 Å². The van der Waals surface area contributed by atoms with Crippen LogP contribution in [0.1, 0.15) is 26.6 Å². The van der Waals surface area contributed by atoms with Gasteiger partial charge in [-0.05, 0) is 55.6 Å². The van der Waals surface area contributed by atoms with Gasteiger partial charge in [-0.1, -0.05) is 6.07 Å². The van der Waals surface area contributed by atoms with E-state index in [-0.39, 0.29) is 5.91 Å². The number of amides is 1. The number of benzene rings is 1. The Morgan fingerprint density at radius 1 is 1.19 bits per heavy atom. The summed E-state index contributed by atoms with van der Waals surface area (Å²) < 4.78 is 7.06. The average Bonchev–Trinajstić information content (AvgIpc) is 3.25. The number of rotatable bonds is 5. The zero-order valence-electron chi connectivity index (χ0n) is 15.2. The van der Waals surface area contributed by atoms with Crippen molar-refractivity contribution in [2.75, 3.05) is 5.32 Å². The van der Waals surface area contributed by atoms with Gasteiger partial charge in [0.15, 0.2) is 0 Å². The summed E-state index contributed by atoms with van der Waals surface area (Å²) >= 11 is 1.37. The van der Waals surface area contributed by atoms with Gasteiger partial charge in [-0.25, -0.2) is 4.79 Å². The van der Waals surface area contributed by atoms with E-state index in [0.717, 1.165) is 17.0 Å². The van der Waals surface area contributed by atoms with Crippen LogP contribution in [0.3, 0.4) is 0 Å². The number of ether oxygens (including phenoxy) is 1. The number of carbonyl (C=O) groups excluding carboxylic acids is 2. The van der Waals surface area contributed by atoms with E-state index in [9.17, 15) is 9.59 Å². The maximum absolute atomic E-state index is 12.0. The first-order valence-corrected chi connectivity index (χ1v) is 9.17. The molecule has 138 valence electrons. The third kappa shape index (κ3) is 4.51. The van der Waals surface area contributed by atoms with Crippen LogP contribution >= 0.6 is 11.3 Å². The van der Waals surface area contributed by atoms with E-state index in [0.29, 0.717) is 16.3 Å². The second-order valence-electron chi connectivity index (χ2n) is 5.92. The van der Waals surface area contributed by atoms with Gasteiger partial charge < -0.3 is 10.1 Å². The van der Waals surface area contributed by atoms with E-state index in [1.807, 2.05) is 32.3 Å². The van der Waals surface area contributed by atoms with Crippen molar-refractivity contribution in [2.45, 2.75) is 13.8 Å². The first kappa shape index (κ1) is 18.6. The monoisotopic (exact) mass is 381 g/mol. The molecule has 7 heteroatoms. The largest absolute Gasteiger partial charge is 0.423 e. The first-order valence-electron chi connectivity index (χ1n) is 8.29. The molecule has 0 aliphatic rings. The lowest BCUT2D eigenvalue weighted by Gasteiger charge is -2.05. The molecule has 1 N–H and O–H groups in total. The van der Waals surface area contributed by atoms with Gasteiger partial charge >= 0.3 is 5.97 Å². The molecule has 1 aromatic carbocycles. The third-order valence-electron chi connectivity index (χ3n) is 4.03. The number of hydrogen-bond acceptors (Lipinski definition) is 5. The second kappa shape index (κ2) is 8.01. The van der Waals surface area contributed by atoms with Crippen LogP contribution in [0.5, 0.6) is 5.75 Å². The van der Waals surface area contributed by atoms with Crippen LogP contribution in [0.25, 0.3) is 6.08 Å². The molecule has 3 aromatic rings. The Kier molecular flexibility index (Phi) is 5.52. The van der Waals surface area contributed by atoms with Gasteiger partial charge in [0.25, 0.3) is 5.91 Å². The molecule has 27 heavy (non-hydrogen) atoms. The maximum Gasteiger partial charge on any atom is 0.336 e. The van der Waals surface area contributed by atoms with E-state index >= 15 is 0 Å². The molecule has 2 heterocycles. The molecule has 6 nitrogen and oxygen atoms in total. The minimum Gasteiger partial charge on any atom is -0.423 e. The van der Waals surface area contributed by atoms with Crippen LogP contribution in [0, 0.1) is 13.8 Å². The molecule has 0 aliphatic heterocycles. The van der Waals surface area contributed by atoms with E-state index in [4.69, 9.17) is 4.74 Å². The minimum atomic E-state index is -0.479. The van der Waals surface area contributed by atoms with Crippen LogP contribution in [-0.2, 0) is 11.8 Å². The standard InChI is InChI=1S/C20H19N3O3S/c1-13-17(14(2)23(3)22-13)10-11-19(24)26-16-8-6-15(7-9-16)21-20(25)18-5-4-12-27-18/h4-12H,1-3H3,(H,21,25)/b11-10+. The fourth-order valence-electron chi connectivity index (χ4n) is 2.54. The van der Waals surface area contributed by atoms with Crippen molar-refractivity contribution in [1.29, 1.82) is 0 Å². The van der Waals surface area contributed by atoms with Gasteiger partial charge in [-0.15, -0.1) is 11.3 Å². The van der Waals surface area contributed by atoms with Gasteiger partial charge in [-0.3, -0.25) is 9.48 Å². The molecule has 0 aliphatic carbocycles. The Labute approximate surface area is 161 Å². The Balaban J connectivity index is 1.60. The van der Waals surface area contributed by atoms with Crippen LogP contribution in [0.4, 0.5) is 5.69 Å². The average molecular weight is 381 g/mol. The normalized spacial score (nSPS) is 10.9. The quantitative estimate of drug-likeness (QED) is 0.412. The predicted molar refractivity (Wildman–Crippen MR) is 106 cm³/mol. The van der Waals surface area contributed by atoms with Gasteiger partial charge in [0.2, 0.25) is 0 Å². The predicted octanol–water partition coefficient (Wildman–Crippen LogP) is 3.97. The van der Waals surface area contributed by atoms with Gasteiger partial charge in [0.05, 0.1) is 10.6 Å². The highest BCUT2D eigenvalue weighted by atomic mass is 32.1. The molecule has 0 bridgehead atoms. The first-order chi connectivity index (χ1) is 12.9. The topological polar surface area (TPSA) is 73.2 Å². The molecule has 0 saturated heterocycles. The number of esters is 1. The van der Waals surface area contributed by atoms with Crippen molar-refractivity contribution in [1.82, 2.24) is 9.78 Å². The molecule has 0 radical (unpaired) electrons. The van der Waals surface area contributed by atoms with Gasteiger partial charge in [-0.2, -0.15) is 5.10 Å². The van der Waals surface area contributed by atoms with Crippen LogP contribution < -0.4 is 10.1 Å². The minimum absolute atomic E-state index is 0.167. The highest BCUT2D eigenvalue weighted by Crippen LogP contribution is 2.18. The summed E-state index contributed by atoms with van der Waals surface area (Å²) in [5.41, 5.74) is 3.36. The highest BCUT2D eigenvalue weighted by Gasteiger charge is 2.09. The lowest BCUT2D eigenvalue weighted by Crippen LogP contribution is -2.10. The number of hydrogen-bond donors (Lipinski definition) is 1. The number of carbonyl (C=O) groups is 2. The van der Waals surface area contributed by atoms with Crippen LogP contribution in [0.15, 0.2) is 47.9 Å². The highest BCUT2D eigenvalue weighted by molar-refractivity contribution is 7.12. The van der Waals surface area contributed by atoms with Crippen LogP contribution in [0.2, 0.25) is 0 Å². The van der Waals surface area contributed by atoms with E-state index in [2.05, 4.69) is 10.4 Å². The summed E-state index contributed by atoms with van der Waals surface area (Å²) in [6.45, 7) is 3.83. The molecular weight excluding hydrogens is 362 g/mol. The number of aromatic nitrogens is 2.